The summed E-state index contributed by atoms with van der Waals surface area (Å²) in [5.41, 5.74) is 2.63. The van der Waals surface area contributed by atoms with E-state index in [-0.39, 0.29) is 12.6 Å². The normalized spacial score (nSPS) is 18.2. The molecule has 4 nitrogen and oxygen atoms in total. The van der Waals surface area contributed by atoms with Gasteiger partial charge in [-0.3, -0.25) is 9.80 Å². The summed E-state index contributed by atoms with van der Waals surface area (Å²) >= 11 is 0. The van der Waals surface area contributed by atoms with Crippen LogP contribution in [0.25, 0.3) is 0 Å². The van der Waals surface area contributed by atoms with Crippen LogP contribution in [0.5, 0.6) is 0 Å². The van der Waals surface area contributed by atoms with Crippen molar-refractivity contribution >= 4 is 0 Å². The average molecular weight is 340 g/mol. The summed E-state index contributed by atoms with van der Waals surface area (Å²) in [4.78, 5) is 4.80. The van der Waals surface area contributed by atoms with Gasteiger partial charge >= 0.3 is 0 Å². The summed E-state index contributed by atoms with van der Waals surface area (Å²) in [7, 11) is 0. The minimum atomic E-state index is -0.648. The topological polar surface area (TPSA) is 46.9 Å². The van der Waals surface area contributed by atoms with Crippen LogP contribution in [0.4, 0.5) is 0 Å². The minimum absolute atomic E-state index is 0.170. The molecule has 25 heavy (non-hydrogen) atoms. The zero-order valence-electron chi connectivity index (χ0n) is 14.7. The molecule has 134 valence electrons. The van der Waals surface area contributed by atoms with Gasteiger partial charge in [0.15, 0.2) is 0 Å². The monoisotopic (exact) mass is 340 g/mol. The lowest BCUT2D eigenvalue weighted by molar-refractivity contribution is 0.0599. The highest BCUT2D eigenvalue weighted by molar-refractivity contribution is 5.31. The van der Waals surface area contributed by atoms with Crippen molar-refractivity contribution in [3.8, 4) is 0 Å². The van der Waals surface area contributed by atoms with Gasteiger partial charge in [-0.15, -0.1) is 0 Å². The first-order valence-corrected chi connectivity index (χ1v) is 9.13. The predicted molar refractivity (Wildman–Crippen MR) is 100 cm³/mol. The van der Waals surface area contributed by atoms with Crippen molar-refractivity contribution < 1.29 is 10.2 Å². The molecule has 0 saturated carbocycles. The van der Waals surface area contributed by atoms with E-state index in [9.17, 15) is 5.11 Å². The van der Waals surface area contributed by atoms with Gasteiger partial charge in [-0.2, -0.15) is 0 Å². The van der Waals surface area contributed by atoms with Gasteiger partial charge in [0.2, 0.25) is 0 Å². The molecule has 0 bridgehead atoms. The molecule has 1 heterocycles. The Balaban J connectivity index is 1.78. The highest BCUT2D eigenvalue weighted by atomic mass is 16.3. The third kappa shape index (κ3) is 4.89. The summed E-state index contributed by atoms with van der Waals surface area (Å²) in [6.45, 7) is 4.23. The van der Waals surface area contributed by atoms with E-state index in [2.05, 4.69) is 70.5 Å². The van der Waals surface area contributed by atoms with Crippen LogP contribution >= 0.6 is 0 Å². The van der Waals surface area contributed by atoms with Crippen LogP contribution in [0.15, 0.2) is 60.7 Å². The van der Waals surface area contributed by atoms with Gasteiger partial charge in [-0.1, -0.05) is 60.7 Å². The predicted octanol–water partition coefficient (Wildman–Crippen LogP) is 2.14. The van der Waals surface area contributed by atoms with E-state index in [1.165, 1.54) is 11.1 Å². The highest BCUT2D eigenvalue weighted by Crippen LogP contribution is 2.29. The van der Waals surface area contributed by atoms with Crippen LogP contribution in [0.1, 0.15) is 23.6 Å². The van der Waals surface area contributed by atoms with E-state index in [4.69, 9.17) is 5.11 Å². The number of nitrogens with zero attached hydrogens (tertiary/aromatic N) is 2. The number of hydrogen-bond acceptors (Lipinski definition) is 4. The Morgan fingerprint density at radius 2 is 1.40 bits per heavy atom. The first-order chi connectivity index (χ1) is 12.3. The number of aliphatic hydroxyl groups excluding tert-OH is 2. The zero-order valence-corrected chi connectivity index (χ0v) is 14.7. The number of β-amino-alcohol motifs (C(OH)–C–C–N with tert-alkyl or cyclic N) is 1. The molecule has 0 spiro atoms. The maximum absolute atomic E-state index is 9.73. The SMILES string of the molecule is OCC(O)CN1CCCN(C(c2ccccc2)c2ccccc2)CC1. The molecular weight excluding hydrogens is 312 g/mol. The molecule has 1 fully saturated rings. The number of benzene rings is 2. The second-order valence-corrected chi connectivity index (χ2v) is 6.75. The summed E-state index contributed by atoms with van der Waals surface area (Å²) in [5, 5.41) is 18.8. The van der Waals surface area contributed by atoms with Crippen LogP contribution < -0.4 is 0 Å². The first kappa shape index (κ1) is 18.1. The van der Waals surface area contributed by atoms with Gasteiger partial charge in [-0.05, 0) is 24.1 Å². The maximum atomic E-state index is 9.73. The van der Waals surface area contributed by atoms with Crippen molar-refractivity contribution in [3.63, 3.8) is 0 Å². The lowest BCUT2D eigenvalue weighted by Gasteiger charge is -2.31. The van der Waals surface area contributed by atoms with Crippen molar-refractivity contribution in [2.45, 2.75) is 18.6 Å². The van der Waals surface area contributed by atoms with E-state index >= 15 is 0 Å². The van der Waals surface area contributed by atoms with Gasteiger partial charge in [0, 0.05) is 26.2 Å². The Labute approximate surface area is 150 Å². The molecule has 0 aromatic heterocycles. The van der Waals surface area contributed by atoms with E-state index in [1.54, 1.807) is 0 Å². The maximum Gasteiger partial charge on any atom is 0.0897 e. The fourth-order valence-corrected chi connectivity index (χ4v) is 3.67. The Morgan fingerprint density at radius 3 is 1.96 bits per heavy atom. The quantitative estimate of drug-likeness (QED) is 0.846. The van der Waals surface area contributed by atoms with Gasteiger partial charge < -0.3 is 10.2 Å². The molecule has 1 saturated heterocycles. The van der Waals surface area contributed by atoms with E-state index in [1.807, 2.05) is 0 Å². The van der Waals surface area contributed by atoms with Gasteiger partial charge in [0.1, 0.15) is 0 Å². The van der Waals surface area contributed by atoms with Crippen molar-refractivity contribution in [1.29, 1.82) is 0 Å². The Kier molecular flexibility index (Phi) is 6.59. The largest absolute Gasteiger partial charge is 0.394 e. The van der Waals surface area contributed by atoms with Gasteiger partial charge in [0.05, 0.1) is 18.8 Å². The molecule has 2 aromatic rings. The molecule has 1 aliphatic rings. The smallest absolute Gasteiger partial charge is 0.0897 e. The number of rotatable bonds is 6. The van der Waals surface area contributed by atoms with Crippen LogP contribution in [-0.2, 0) is 0 Å². The lowest BCUT2D eigenvalue weighted by Crippen LogP contribution is -2.38. The van der Waals surface area contributed by atoms with E-state index in [0.29, 0.717) is 6.54 Å². The Bertz CT molecular complexity index is 581. The van der Waals surface area contributed by atoms with Crippen molar-refractivity contribution in [2.24, 2.45) is 0 Å². The summed E-state index contributed by atoms with van der Waals surface area (Å²) in [5.74, 6) is 0. The molecule has 3 rings (SSSR count). The fraction of sp³-hybridized carbons (Fsp3) is 0.429. The molecule has 1 unspecified atom stereocenters. The number of aliphatic hydroxyl groups is 2. The summed E-state index contributed by atoms with van der Waals surface area (Å²) in [6, 6.07) is 21.6. The van der Waals surface area contributed by atoms with Crippen molar-refractivity contribution in [2.75, 3.05) is 39.3 Å². The van der Waals surface area contributed by atoms with Gasteiger partial charge in [-0.25, -0.2) is 0 Å². The second kappa shape index (κ2) is 9.11. The molecule has 0 radical (unpaired) electrons. The van der Waals surface area contributed by atoms with Crippen LogP contribution in [0.3, 0.4) is 0 Å². The second-order valence-electron chi connectivity index (χ2n) is 6.75. The molecule has 2 N–H and O–H groups in total. The van der Waals surface area contributed by atoms with Crippen molar-refractivity contribution in [3.05, 3.63) is 71.8 Å². The molecule has 4 heteroatoms. The molecular formula is C21H28N2O2. The molecule has 1 atom stereocenters. The third-order valence-corrected chi connectivity index (χ3v) is 4.90. The van der Waals surface area contributed by atoms with Crippen LogP contribution in [-0.4, -0.2) is 65.4 Å². The first-order valence-electron chi connectivity index (χ1n) is 9.13. The molecule has 2 aromatic carbocycles. The fourth-order valence-electron chi connectivity index (χ4n) is 3.67. The molecule has 1 aliphatic heterocycles. The summed E-state index contributed by atoms with van der Waals surface area (Å²) in [6.07, 6.45) is 0.416. The van der Waals surface area contributed by atoms with E-state index in [0.717, 1.165) is 32.6 Å². The highest BCUT2D eigenvalue weighted by Gasteiger charge is 2.25. The third-order valence-electron chi connectivity index (χ3n) is 4.90. The molecule has 0 amide bonds. The Morgan fingerprint density at radius 1 is 0.800 bits per heavy atom. The minimum Gasteiger partial charge on any atom is -0.394 e. The van der Waals surface area contributed by atoms with Crippen molar-refractivity contribution in [1.82, 2.24) is 9.80 Å². The van der Waals surface area contributed by atoms with E-state index < -0.39 is 6.10 Å². The zero-order chi connectivity index (χ0) is 17.5. The van der Waals surface area contributed by atoms with Gasteiger partial charge in [0.25, 0.3) is 0 Å². The average Bonchev–Trinajstić information content (AvgIpc) is 2.89. The van der Waals surface area contributed by atoms with Crippen LogP contribution in [0.2, 0.25) is 0 Å². The number of hydrogen-bond donors (Lipinski definition) is 2. The molecule has 0 aliphatic carbocycles. The lowest BCUT2D eigenvalue weighted by atomic mass is 9.97. The standard InChI is InChI=1S/C21H28N2O2/c24-17-20(25)16-22-12-7-13-23(15-14-22)21(18-8-3-1-4-9-18)19-10-5-2-6-11-19/h1-6,8-11,20-21,24-25H,7,12-17H2. The van der Waals surface area contributed by atoms with Crippen LogP contribution in [0, 0.1) is 0 Å². The Hall–Kier alpha value is -1.72. The summed E-state index contributed by atoms with van der Waals surface area (Å²) < 4.78 is 0.